The molecule has 0 atom stereocenters. The van der Waals surface area contributed by atoms with Crippen molar-refractivity contribution in [2.45, 2.75) is 6.42 Å². The fourth-order valence-electron chi connectivity index (χ4n) is 2.53. The van der Waals surface area contributed by atoms with E-state index in [1.807, 2.05) is 30.3 Å². The summed E-state index contributed by atoms with van der Waals surface area (Å²) in [6.45, 7) is 0.0147. The van der Waals surface area contributed by atoms with Crippen LogP contribution in [0.2, 0.25) is 0 Å². The van der Waals surface area contributed by atoms with E-state index in [1.165, 1.54) is 24.3 Å². The van der Waals surface area contributed by atoms with Crippen LogP contribution in [0.1, 0.15) is 11.1 Å². The predicted octanol–water partition coefficient (Wildman–Crippen LogP) is 1.69. The molecule has 2 rings (SSSR count). The number of methoxy groups -OCH3 is 1. The second-order valence-electron chi connectivity index (χ2n) is 5.84. The van der Waals surface area contributed by atoms with E-state index in [4.69, 9.17) is 10.00 Å². The number of rotatable bonds is 8. The van der Waals surface area contributed by atoms with Crippen molar-refractivity contribution in [1.29, 1.82) is 5.26 Å². The highest BCUT2D eigenvalue weighted by Gasteiger charge is 2.20. The number of carbonyl (C=O) groups excluding carboxylic acids is 1. The highest BCUT2D eigenvalue weighted by Crippen LogP contribution is 2.18. The van der Waals surface area contributed by atoms with Crippen molar-refractivity contribution >= 4 is 21.6 Å². The molecular weight excluding hydrogens is 366 g/mol. The lowest BCUT2D eigenvalue weighted by atomic mass is 10.1. The van der Waals surface area contributed by atoms with Crippen LogP contribution in [0, 0.1) is 11.3 Å². The summed E-state index contributed by atoms with van der Waals surface area (Å²) in [6, 6.07) is 15.5. The van der Waals surface area contributed by atoms with Crippen LogP contribution in [0.4, 0.5) is 5.69 Å². The van der Waals surface area contributed by atoms with Gasteiger partial charge in [0.05, 0.1) is 30.7 Å². The van der Waals surface area contributed by atoms with Crippen LogP contribution >= 0.6 is 0 Å². The standard InChI is InChI=1S/C19H21N3O4S/c1-26-18-6-4-3-5-16(18)11-12-21-19(23)14-22(27(2,24)25)17-9-7-15(13-20)8-10-17/h3-10H,11-12,14H2,1-2H3,(H,21,23). The van der Waals surface area contributed by atoms with E-state index in [0.29, 0.717) is 24.2 Å². The molecule has 142 valence electrons. The second kappa shape index (κ2) is 9.05. The molecule has 0 heterocycles. The van der Waals surface area contributed by atoms with Gasteiger partial charge in [0, 0.05) is 6.54 Å². The first-order valence-corrected chi connectivity index (χ1v) is 10.1. The molecule has 0 aliphatic heterocycles. The Morgan fingerprint density at radius 2 is 1.85 bits per heavy atom. The monoisotopic (exact) mass is 387 g/mol. The quantitative estimate of drug-likeness (QED) is 0.743. The zero-order valence-electron chi connectivity index (χ0n) is 15.2. The number of para-hydroxylation sites is 1. The summed E-state index contributed by atoms with van der Waals surface area (Å²) in [5.41, 5.74) is 1.69. The van der Waals surface area contributed by atoms with Crippen LogP contribution in [-0.4, -0.2) is 40.8 Å². The summed E-state index contributed by atoms with van der Waals surface area (Å²) in [5.74, 6) is 0.321. The van der Waals surface area contributed by atoms with Gasteiger partial charge < -0.3 is 10.1 Å². The third-order valence-corrected chi connectivity index (χ3v) is 5.02. The van der Waals surface area contributed by atoms with Gasteiger partial charge in [-0.15, -0.1) is 0 Å². The molecule has 7 nitrogen and oxygen atoms in total. The molecule has 0 spiro atoms. The maximum Gasteiger partial charge on any atom is 0.240 e. The Hall–Kier alpha value is -3.05. The number of ether oxygens (including phenoxy) is 1. The maximum absolute atomic E-state index is 12.2. The number of sulfonamides is 1. The molecule has 1 N–H and O–H groups in total. The summed E-state index contributed by atoms with van der Waals surface area (Å²) in [4.78, 5) is 12.2. The summed E-state index contributed by atoms with van der Waals surface area (Å²) in [5, 5.41) is 11.6. The van der Waals surface area contributed by atoms with Crippen LogP contribution in [0.25, 0.3) is 0 Å². The van der Waals surface area contributed by atoms with Gasteiger partial charge in [-0.25, -0.2) is 8.42 Å². The van der Waals surface area contributed by atoms with Crippen molar-refractivity contribution < 1.29 is 17.9 Å². The number of nitrogens with one attached hydrogen (secondary N) is 1. The van der Waals surface area contributed by atoms with Crippen molar-refractivity contribution in [1.82, 2.24) is 5.32 Å². The molecule has 0 saturated heterocycles. The van der Waals surface area contributed by atoms with Gasteiger partial charge in [0.1, 0.15) is 12.3 Å². The molecule has 0 radical (unpaired) electrons. The van der Waals surface area contributed by atoms with E-state index < -0.39 is 15.9 Å². The molecule has 0 saturated carbocycles. The Morgan fingerprint density at radius 3 is 2.44 bits per heavy atom. The fraction of sp³-hybridized carbons (Fsp3) is 0.263. The Morgan fingerprint density at radius 1 is 1.19 bits per heavy atom. The van der Waals surface area contributed by atoms with Crippen LogP contribution in [0.3, 0.4) is 0 Å². The van der Waals surface area contributed by atoms with Gasteiger partial charge in [0.25, 0.3) is 0 Å². The first-order chi connectivity index (χ1) is 12.8. The minimum absolute atomic E-state index is 0.330. The lowest BCUT2D eigenvalue weighted by molar-refractivity contribution is -0.119. The molecule has 0 unspecified atom stereocenters. The zero-order valence-corrected chi connectivity index (χ0v) is 16.0. The van der Waals surface area contributed by atoms with Crippen molar-refractivity contribution in [3.8, 4) is 11.8 Å². The van der Waals surface area contributed by atoms with Crippen LogP contribution < -0.4 is 14.4 Å². The topological polar surface area (TPSA) is 99.5 Å². The van der Waals surface area contributed by atoms with E-state index in [-0.39, 0.29) is 6.54 Å². The Bertz CT molecular complexity index is 934. The van der Waals surface area contributed by atoms with Crippen molar-refractivity contribution in [2.24, 2.45) is 0 Å². The lowest BCUT2D eigenvalue weighted by Gasteiger charge is -2.22. The molecule has 27 heavy (non-hydrogen) atoms. The Labute approximate surface area is 159 Å². The molecule has 0 aliphatic rings. The van der Waals surface area contributed by atoms with E-state index in [1.54, 1.807) is 7.11 Å². The molecule has 0 fully saturated rings. The average Bonchev–Trinajstić information content (AvgIpc) is 2.66. The highest BCUT2D eigenvalue weighted by molar-refractivity contribution is 7.92. The minimum Gasteiger partial charge on any atom is -0.496 e. The predicted molar refractivity (Wildman–Crippen MR) is 103 cm³/mol. The van der Waals surface area contributed by atoms with Gasteiger partial charge in [-0.3, -0.25) is 9.10 Å². The number of benzene rings is 2. The summed E-state index contributed by atoms with van der Waals surface area (Å²) < 4.78 is 30.4. The molecule has 2 aromatic rings. The summed E-state index contributed by atoms with van der Waals surface area (Å²) >= 11 is 0. The largest absolute Gasteiger partial charge is 0.496 e. The second-order valence-corrected chi connectivity index (χ2v) is 7.75. The van der Waals surface area contributed by atoms with Gasteiger partial charge in [0.2, 0.25) is 15.9 Å². The van der Waals surface area contributed by atoms with Gasteiger partial charge in [-0.1, -0.05) is 18.2 Å². The van der Waals surface area contributed by atoms with Crippen LogP contribution in [0.15, 0.2) is 48.5 Å². The zero-order chi connectivity index (χ0) is 19.9. The van der Waals surface area contributed by atoms with Crippen LogP contribution in [-0.2, 0) is 21.2 Å². The highest BCUT2D eigenvalue weighted by atomic mass is 32.2. The van der Waals surface area contributed by atoms with Crippen molar-refractivity contribution in [3.63, 3.8) is 0 Å². The van der Waals surface area contributed by atoms with Gasteiger partial charge >= 0.3 is 0 Å². The van der Waals surface area contributed by atoms with Gasteiger partial charge in [-0.2, -0.15) is 5.26 Å². The smallest absolute Gasteiger partial charge is 0.240 e. The number of nitrogens with zero attached hydrogens (tertiary/aromatic N) is 2. The Kier molecular flexibility index (Phi) is 6.79. The van der Waals surface area contributed by atoms with Crippen molar-refractivity contribution in [3.05, 3.63) is 59.7 Å². The van der Waals surface area contributed by atoms with E-state index in [2.05, 4.69) is 5.32 Å². The molecule has 8 heteroatoms. The van der Waals surface area contributed by atoms with Gasteiger partial charge in [0.15, 0.2) is 0 Å². The summed E-state index contributed by atoms with van der Waals surface area (Å²) in [7, 11) is -2.07. The Balaban J connectivity index is 2.01. The van der Waals surface area contributed by atoms with E-state index in [0.717, 1.165) is 21.9 Å². The molecule has 0 aliphatic carbocycles. The normalized spacial score (nSPS) is 10.7. The lowest BCUT2D eigenvalue weighted by Crippen LogP contribution is -2.40. The number of nitriles is 1. The first kappa shape index (κ1) is 20.3. The van der Waals surface area contributed by atoms with E-state index >= 15 is 0 Å². The number of carbonyl (C=O) groups is 1. The third-order valence-electron chi connectivity index (χ3n) is 3.88. The SMILES string of the molecule is COc1ccccc1CCNC(=O)CN(c1ccc(C#N)cc1)S(C)(=O)=O. The molecule has 0 bridgehead atoms. The minimum atomic E-state index is -3.65. The van der Waals surface area contributed by atoms with Crippen LogP contribution in [0.5, 0.6) is 5.75 Å². The molecule has 0 aromatic heterocycles. The van der Waals surface area contributed by atoms with Gasteiger partial charge in [-0.05, 0) is 42.3 Å². The fourth-order valence-corrected chi connectivity index (χ4v) is 3.39. The molecule has 2 aromatic carbocycles. The van der Waals surface area contributed by atoms with E-state index in [9.17, 15) is 13.2 Å². The number of hydrogen-bond acceptors (Lipinski definition) is 5. The average molecular weight is 387 g/mol. The summed E-state index contributed by atoms with van der Waals surface area (Å²) in [6.07, 6.45) is 1.60. The number of amides is 1. The number of hydrogen-bond donors (Lipinski definition) is 1. The first-order valence-electron chi connectivity index (χ1n) is 8.21. The molecule has 1 amide bonds. The number of anilines is 1. The third kappa shape index (κ3) is 5.72. The maximum atomic E-state index is 12.2. The molecular formula is C19H21N3O4S. The van der Waals surface area contributed by atoms with Crippen molar-refractivity contribution in [2.75, 3.05) is 30.8 Å².